The average molecular weight is 425 g/mol. The first-order valence-corrected chi connectivity index (χ1v) is 10.2. The largest absolute Gasteiger partial charge is 0.495 e. The van der Waals surface area contributed by atoms with Crippen LogP contribution in [0.3, 0.4) is 0 Å². The summed E-state index contributed by atoms with van der Waals surface area (Å²) in [7, 11) is 3.52. The van der Waals surface area contributed by atoms with Gasteiger partial charge in [0.05, 0.1) is 25.8 Å². The highest BCUT2D eigenvalue weighted by Crippen LogP contribution is 2.26. The van der Waals surface area contributed by atoms with Gasteiger partial charge in [0, 0.05) is 31.7 Å². The Bertz CT molecular complexity index is 924. The van der Waals surface area contributed by atoms with Crippen LogP contribution in [0.2, 0.25) is 0 Å². The molecule has 2 N–H and O–H groups in total. The number of rotatable bonds is 7. The van der Waals surface area contributed by atoms with Crippen molar-refractivity contribution in [2.24, 2.45) is 0 Å². The van der Waals surface area contributed by atoms with Crippen molar-refractivity contribution in [2.75, 3.05) is 52.2 Å². The molecule has 2 aromatic carbocycles. The van der Waals surface area contributed by atoms with E-state index in [1.807, 2.05) is 37.4 Å². The minimum atomic E-state index is -0.399. The van der Waals surface area contributed by atoms with Crippen molar-refractivity contribution >= 4 is 23.4 Å². The second kappa shape index (κ2) is 10.6. The molecule has 164 valence electrons. The summed E-state index contributed by atoms with van der Waals surface area (Å²) in [6.45, 7) is 2.81. The maximum Gasteiger partial charge on any atom is 0.254 e. The third-order valence-electron chi connectivity index (χ3n) is 5.16. The van der Waals surface area contributed by atoms with Gasteiger partial charge in [-0.25, -0.2) is 0 Å². The molecule has 1 saturated heterocycles. The van der Waals surface area contributed by atoms with Gasteiger partial charge in [-0.2, -0.15) is 0 Å². The van der Waals surface area contributed by atoms with Gasteiger partial charge in [-0.3, -0.25) is 14.4 Å². The number of benzene rings is 2. The monoisotopic (exact) mass is 424 g/mol. The smallest absolute Gasteiger partial charge is 0.254 e. The number of amides is 3. The van der Waals surface area contributed by atoms with Crippen LogP contribution in [-0.4, -0.2) is 74.4 Å². The number of nitrogens with one attached hydrogen (secondary N) is 2. The number of carbonyl (C=O) groups is 3. The molecule has 0 spiro atoms. The lowest BCUT2D eigenvalue weighted by Gasteiger charge is -2.32. The lowest BCUT2D eigenvalue weighted by molar-refractivity contribution is -0.123. The molecule has 0 aromatic heterocycles. The summed E-state index contributed by atoms with van der Waals surface area (Å²) in [5, 5.41) is 5.34. The van der Waals surface area contributed by atoms with Crippen molar-refractivity contribution in [3.05, 3.63) is 59.7 Å². The van der Waals surface area contributed by atoms with Crippen molar-refractivity contribution in [3.8, 4) is 5.75 Å². The SMILES string of the molecule is COc1ccc(C(=O)N2CCN(C)CC2)cc1NC(=O)CNC(=O)Cc1ccccc1. The fourth-order valence-corrected chi connectivity index (χ4v) is 3.35. The van der Waals surface area contributed by atoms with Crippen LogP contribution >= 0.6 is 0 Å². The minimum absolute atomic E-state index is 0.0811. The number of likely N-dealkylation sites (N-methyl/N-ethyl adjacent to an activating group) is 1. The van der Waals surface area contributed by atoms with Gasteiger partial charge in [0.25, 0.3) is 5.91 Å². The molecular weight excluding hydrogens is 396 g/mol. The Morgan fingerprint density at radius 2 is 1.68 bits per heavy atom. The number of methoxy groups -OCH3 is 1. The third-order valence-corrected chi connectivity index (χ3v) is 5.16. The molecule has 0 unspecified atom stereocenters. The predicted molar refractivity (Wildman–Crippen MR) is 118 cm³/mol. The van der Waals surface area contributed by atoms with Gasteiger partial charge in [-0.1, -0.05) is 30.3 Å². The summed E-state index contributed by atoms with van der Waals surface area (Å²) in [6.07, 6.45) is 0.201. The van der Waals surface area contributed by atoms with Crippen molar-refractivity contribution in [3.63, 3.8) is 0 Å². The Morgan fingerprint density at radius 3 is 2.35 bits per heavy atom. The molecule has 1 fully saturated rings. The molecule has 0 saturated carbocycles. The molecular formula is C23H28N4O4. The van der Waals surface area contributed by atoms with Crippen molar-refractivity contribution < 1.29 is 19.1 Å². The molecule has 8 heteroatoms. The van der Waals surface area contributed by atoms with Crippen LogP contribution in [0.4, 0.5) is 5.69 Å². The highest BCUT2D eigenvalue weighted by molar-refractivity contribution is 5.99. The summed E-state index contributed by atoms with van der Waals surface area (Å²) in [5.41, 5.74) is 1.75. The molecule has 3 amide bonds. The van der Waals surface area contributed by atoms with Gasteiger partial charge in [0.1, 0.15) is 5.75 Å². The van der Waals surface area contributed by atoms with E-state index in [-0.39, 0.29) is 24.8 Å². The molecule has 8 nitrogen and oxygen atoms in total. The van der Waals surface area contributed by atoms with Gasteiger partial charge in [-0.15, -0.1) is 0 Å². The molecule has 2 aromatic rings. The zero-order valence-corrected chi connectivity index (χ0v) is 17.9. The Kier molecular flexibility index (Phi) is 7.61. The first-order chi connectivity index (χ1) is 15.0. The molecule has 3 rings (SSSR count). The van der Waals surface area contributed by atoms with E-state index in [1.165, 1.54) is 7.11 Å². The normalized spacial score (nSPS) is 14.1. The van der Waals surface area contributed by atoms with E-state index >= 15 is 0 Å². The van der Waals surface area contributed by atoms with E-state index < -0.39 is 5.91 Å². The number of carbonyl (C=O) groups excluding carboxylic acids is 3. The zero-order valence-electron chi connectivity index (χ0n) is 17.9. The van der Waals surface area contributed by atoms with Crippen LogP contribution in [0.25, 0.3) is 0 Å². The number of anilines is 1. The zero-order chi connectivity index (χ0) is 22.2. The molecule has 31 heavy (non-hydrogen) atoms. The number of nitrogens with zero attached hydrogens (tertiary/aromatic N) is 2. The second-order valence-electron chi connectivity index (χ2n) is 7.50. The molecule has 0 atom stereocenters. The highest BCUT2D eigenvalue weighted by Gasteiger charge is 2.21. The standard InChI is InChI=1S/C23H28N4O4/c1-26-10-12-27(13-11-26)23(30)18-8-9-20(31-2)19(15-18)25-22(29)16-24-21(28)14-17-6-4-3-5-7-17/h3-9,15H,10-14,16H2,1-2H3,(H,24,28)(H,25,29). The Morgan fingerprint density at radius 1 is 0.968 bits per heavy atom. The van der Waals surface area contributed by atoms with Gasteiger partial charge in [0.2, 0.25) is 11.8 Å². The summed E-state index contributed by atoms with van der Waals surface area (Å²) in [5.74, 6) is -0.280. The molecule has 1 aliphatic heterocycles. The molecule has 0 bridgehead atoms. The number of piperazine rings is 1. The average Bonchev–Trinajstić information content (AvgIpc) is 2.78. The van der Waals surface area contributed by atoms with E-state index in [0.717, 1.165) is 18.7 Å². The highest BCUT2D eigenvalue weighted by atomic mass is 16.5. The number of hydrogen-bond donors (Lipinski definition) is 2. The van der Waals surface area contributed by atoms with E-state index in [1.54, 1.807) is 23.1 Å². The second-order valence-corrected chi connectivity index (χ2v) is 7.50. The maximum absolute atomic E-state index is 12.8. The van der Waals surface area contributed by atoms with E-state index in [2.05, 4.69) is 15.5 Å². The van der Waals surface area contributed by atoms with Crippen LogP contribution in [-0.2, 0) is 16.0 Å². The molecule has 0 aliphatic carbocycles. The van der Waals surface area contributed by atoms with Gasteiger partial charge < -0.3 is 25.2 Å². The fourth-order valence-electron chi connectivity index (χ4n) is 3.35. The van der Waals surface area contributed by atoms with Gasteiger partial charge >= 0.3 is 0 Å². The first kappa shape index (κ1) is 22.3. The molecule has 0 radical (unpaired) electrons. The van der Waals surface area contributed by atoms with Crippen LogP contribution in [0.15, 0.2) is 48.5 Å². The molecule has 1 aliphatic rings. The van der Waals surface area contributed by atoms with Crippen LogP contribution < -0.4 is 15.4 Å². The van der Waals surface area contributed by atoms with E-state index in [0.29, 0.717) is 30.1 Å². The van der Waals surface area contributed by atoms with Crippen molar-refractivity contribution in [2.45, 2.75) is 6.42 Å². The topological polar surface area (TPSA) is 91.0 Å². The summed E-state index contributed by atoms with van der Waals surface area (Å²) >= 11 is 0. The van der Waals surface area contributed by atoms with Crippen molar-refractivity contribution in [1.29, 1.82) is 0 Å². The maximum atomic E-state index is 12.8. The van der Waals surface area contributed by atoms with E-state index in [4.69, 9.17) is 4.74 Å². The number of hydrogen-bond acceptors (Lipinski definition) is 5. The van der Waals surface area contributed by atoms with Crippen LogP contribution in [0.5, 0.6) is 5.75 Å². The Labute approximate surface area is 182 Å². The quantitative estimate of drug-likeness (QED) is 0.701. The lowest BCUT2D eigenvalue weighted by Crippen LogP contribution is -2.47. The third kappa shape index (κ3) is 6.29. The summed E-state index contributed by atoms with van der Waals surface area (Å²) in [4.78, 5) is 41.2. The lowest BCUT2D eigenvalue weighted by atomic mass is 10.1. The van der Waals surface area contributed by atoms with E-state index in [9.17, 15) is 14.4 Å². The Hall–Kier alpha value is -3.39. The Balaban J connectivity index is 1.59. The first-order valence-electron chi connectivity index (χ1n) is 10.2. The number of ether oxygens (including phenoxy) is 1. The predicted octanol–water partition coefficient (Wildman–Crippen LogP) is 1.38. The molecule has 1 heterocycles. The minimum Gasteiger partial charge on any atom is -0.495 e. The van der Waals surface area contributed by atoms with Gasteiger partial charge in [0.15, 0.2) is 0 Å². The van der Waals surface area contributed by atoms with Crippen molar-refractivity contribution in [1.82, 2.24) is 15.1 Å². The van der Waals surface area contributed by atoms with Gasteiger partial charge in [-0.05, 0) is 30.8 Å². The summed E-state index contributed by atoms with van der Waals surface area (Å²) < 4.78 is 5.31. The van der Waals surface area contributed by atoms with Crippen LogP contribution in [0, 0.1) is 0 Å². The summed E-state index contributed by atoms with van der Waals surface area (Å²) in [6, 6.07) is 14.3. The van der Waals surface area contributed by atoms with Crippen LogP contribution in [0.1, 0.15) is 15.9 Å². The fraction of sp³-hybridized carbons (Fsp3) is 0.348.